The fourth-order valence-corrected chi connectivity index (χ4v) is 4.05. The van der Waals surface area contributed by atoms with E-state index in [1.54, 1.807) is 31.2 Å². The van der Waals surface area contributed by atoms with Crippen molar-refractivity contribution in [2.24, 2.45) is 0 Å². The first kappa shape index (κ1) is 25.1. The molecule has 0 aromatic heterocycles. The van der Waals surface area contributed by atoms with Crippen molar-refractivity contribution in [3.05, 3.63) is 71.8 Å². The van der Waals surface area contributed by atoms with Crippen molar-refractivity contribution in [1.29, 1.82) is 0 Å². The van der Waals surface area contributed by atoms with Gasteiger partial charge in [-0.15, -0.1) is 0 Å². The molecule has 8 heteroatoms. The molecule has 0 saturated carbocycles. The number of carbonyl (C=O) groups excluding carboxylic acids is 4. The molecule has 0 bridgehead atoms. The van der Waals surface area contributed by atoms with Crippen molar-refractivity contribution in [3.8, 4) is 0 Å². The van der Waals surface area contributed by atoms with Crippen molar-refractivity contribution >= 4 is 23.6 Å². The van der Waals surface area contributed by atoms with E-state index >= 15 is 0 Å². The Morgan fingerprint density at radius 1 is 1.03 bits per heavy atom. The predicted octanol–water partition coefficient (Wildman–Crippen LogP) is 1.74. The third kappa shape index (κ3) is 6.51. The number of likely N-dealkylation sites (tertiary alicyclic amines) is 1. The highest BCUT2D eigenvalue weighted by molar-refractivity contribution is 5.98. The summed E-state index contributed by atoms with van der Waals surface area (Å²) >= 11 is 0. The zero-order valence-electron chi connectivity index (χ0n) is 19.5. The number of carbonyl (C=O) groups is 4. The number of rotatable bonds is 10. The molecule has 3 rings (SSSR count). The number of hydrogen-bond donors (Lipinski definition) is 2. The van der Waals surface area contributed by atoms with Gasteiger partial charge in [-0.2, -0.15) is 0 Å². The molecular formula is C26H31N3O5. The Hall–Kier alpha value is -3.52. The summed E-state index contributed by atoms with van der Waals surface area (Å²) in [5.74, 6) is -1.26. The SMILES string of the molecule is COC(=O)[C@@H]1CCCN1C(=O)[C@H](C)NCC(=O)C(Cc1ccccc1)NC(=O)c1ccccc1. The molecule has 1 fully saturated rings. The molecule has 0 aliphatic carbocycles. The number of ether oxygens (including phenoxy) is 1. The first-order valence-electron chi connectivity index (χ1n) is 11.4. The maximum Gasteiger partial charge on any atom is 0.328 e. The van der Waals surface area contributed by atoms with Crippen LogP contribution in [0.5, 0.6) is 0 Å². The lowest BCUT2D eigenvalue weighted by Crippen LogP contribution is -2.52. The summed E-state index contributed by atoms with van der Waals surface area (Å²) in [6, 6.07) is 16.1. The third-order valence-electron chi connectivity index (χ3n) is 5.97. The van der Waals surface area contributed by atoms with Crippen LogP contribution in [0.15, 0.2) is 60.7 Å². The molecule has 1 saturated heterocycles. The fourth-order valence-electron chi connectivity index (χ4n) is 4.05. The lowest BCUT2D eigenvalue weighted by atomic mass is 10.0. The van der Waals surface area contributed by atoms with Gasteiger partial charge in [0.25, 0.3) is 5.91 Å². The Labute approximate surface area is 199 Å². The van der Waals surface area contributed by atoms with E-state index in [9.17, 15) is 19.2 Å². The molecule has 1 aliphatic rings. The van der Waals surface area contributed by atoms with Gasteiger partial charge in [-0.1, -0.05) is 48.5 Å². The predicted molar refractivity (Wildman–Crippen MR) is 127 cm³/mol. The van der Waals surface area contributed by atoms with E-state index in [2.05, 4.69) is 10.6 Å². The molecule has 1 unspecified atom stereocenters. The molecule has 3 atom stereocenters. The van der Waals surface area contributed by atoms with Crippen LogP contribution in [0.1, 0.15) is 35.7 Å². The molecule has 2 amide bonds. The number of Topliss-reactive ketones (excluding diaryl/α,β-unsaturated/α-hetero) is 1. The molecule has 2 N–H and O–H groups in total. The maximum absolute atomic E-state index is 13.1. The normalized spacial score (nSPS) is 17.0. The van der Waals surface area contributed by atoms with Crippen LogP contribution in [0.25, 0.3) is 0 Å². The summed E-state index contributed by atoms with van der Waals surface area (Å²) in [4.78, 5) is 52.2. The second-order valence-electron chi connectivity index (χ2n) is 8.36. The molecule has 2 aromatic carbocycles. The number of nitrogens with zero attached hydrogens (tertiary/aromatic N) is 1. The Bertz CT molecular complexity index is 996. The topological polar surface area (TPSA) is 105 Å². The van der Waals surface area contributed by atoms with Gasteiger partial charge >= 0.3 is 5.97 Å². The number of methoxy groups -OCH3 is 1. The quantitative estimate of drug-likeness (QED) is 0.518. The van der Waals surface area contributed by atoms with Crippen molar-refractivity contribution in [1.82, 2.24) is 15.5 Å². The third-order valence-corrected chi connectivity index (χ3v) is 5.97. The molecule has 0 spiro atoms. The lowest BCUT2D eigenvalue weighted by Gasteiger charge is -2.26. The second-order valence-corrected chi connectivity index (χ2v) is 8.36. The first-order valence-corrected chi connectivity index (χ1v) is 11.4. The van der Waals surface area contributed by atoms with Crippen LogP contribution >= 0.6 is 0 Å². The van der Waals surface area contributed by atoms with E-state index in [0.29, 0.717) is 24.9 Å². The van der Waals surface area contributed by atoms with Crippen molar-refractivity contribution < 1.29 is 23.9 Å². The van der Waals surface area contributed by atoms with Gasteiger partial charge in [-0.3, -0.25) is 19.7 Å². The van der Waals surface area contributed by atoms with E-state index in [-0.39, 0.29) is 24.1 Å². The molecule has 1 aliphatic heterocycles. The van der Waals surface area contributed by atoms with Crippen molar-refractivity contribution in [2.45, 2.75) is 44.3 Å². The Balaban J connectivity index is 1.64. The van der Waals surface area contributed by atoms with E-state index < -0.39 is 24.1 Å². The van der Waals surface area contributed by atoms with E-state index in [4.69, 9.17) is 4.74 Å². The lowest BCUT2D eigenvalue weighted by molar-refractivity contribution is -0.151. The molecule has 0 radical (unpaired) electrons. The number of esters is 1. The van der Waals surface area contributed by atoms with Crippen molar-refractivity contribution in [3.63, 3.8) is 0 Å². The van der Waals surface area contributed by atoms with Crippen LogP contribution in [0.2, 0.25) is 0 Å². The number of nitrogens with one attached hydrogen (secondary N) is 2. The number of ketones is 1. The van der Waals surface area contributed by atoms with E-state index in [0.717, 1.165) is 12.0 Å². The summed E-state index contributed by atoms with van der Waals surface area (Å²) in [5.41, 5.74) is 1.38. The smallest absolute Gasteiger partial charge is 0.328 e. The van der Waals surface area contributed by atoms with Crippen LogP contribution in [-0.4, -0.2) is 66.8 Å². The number of benzene rings is 2. The summed E-state index contributed by atoms with van der Waals surface area (Å²) in [7, 11) is 1.31. The Morgan fingerprint density at radius 3 is 2.32 bits per heavy atom. The van der Waals surface area contributed by atoms with E-state index in [1.165, 1.54) is 12.0 Å². The molecule has 1 heterocycles. The monoisotopic (exact) mass is 465 g/mol. The summed E-state index contributed by atoms with van der Waals surface area (Å²) in [6.45, 7) is 2.04. The van der Waals surface area contributed by atoms with Crippen LogP contribution < -0.4 is 10.6 Å². The van der Waals surface area contributed by atoms with Gasteiger partial charge in [0.2, 0.25) is 5.91 Å². The van der Waals surface area contributed by atoms with Gasteiger partial charge < -0.3 is 15.0 Å². The van der Waals surface area contributed by atoms with Gasteiger partial charge in [0, 0.05) is 12.1 Å². The van der Waals surface area contributed by atoms with Crippen LogP contribution in [0.3, 0.4) is 0 Å². The highest BCUT2D eigenvalue weighted by Gasteiger charge is 2.36. The summed E-state index contributed by atoms with van der Waals surface area (Å²) in [5, 5.41) is 5.81. The molecule has 180 valence electrons. The van der Waals surface area contributed by atoms with Gasteiger partial charge in [0.1, 0.15) is 6.04 Å². The van der Waals surface area contributed by atoms with Gasteiger partial charge in [-0.25, -0.2) is 4.79 Å². The van der Waals surface area contributed by atoms with Gasteiger partial charge in [0.05, 0.1) is 25.7 Å². The Kier molecular flexibility index (Phi) is 8.93. The first-order chi connectivity index (χ1) is 16.4. The minimum absolute atomic E-state index is 0.101. The highest BCUT2D eigenvalue weighted by atomic mass is 16.5. The average molecular weight is 466 g/mol. The highest BCUT2D eigenvalue weighted by Crippen LogP contribution is 2.19. The zero-order chi connectivity index (χ0) is 24.5. The van der Waals surface area contributed by atoms with Crippen LogP contribution in [0, 0.1) is 0 Å². The van der Waals surface area contributed by atoms with Crippen LogP contribution in [-0.2, 0) is 25.5 Å². The Morgan fingerprint density at radius 2 is 1.68 bits per heavy atom. The number of hydrogen-bond acceptors (Lipinski definition) is 6. The maximum atomic E-state index is 13.1. The van der Waals surface area contributed by atoms with Crippen molar-refractivity contribution in [2.75, 3.05) is 20.2 Å². The standard InChI is InChI=1S/C26H31N3O5/c1-18(25(32)29-15-9-14-22(29)26(33)34-2)27-17-23(30)21(16-19-10-5-3-6-11-19)28-24(31)20-12-7-4-8-13-20/h3-8,10-13,18,21-22,27H,9,14-17H2,1-2H3,(H,28,31)/t18-,21?,22-/m0/s1. The van der Waals surface area contributed by atoms with E-state index in [1.807, 2.05) is 36.4 Å². The summed E-state index contributed by atoms with van der Waals surface area (Å²) in [6.07, 6.45) is 1.62. The second kappa shape index (κ2) is 12.1. The fraction of sp³-hybridized carbons (Fsp3) is 0.385. The molecule has 34 heavy (non-hydrogen) atoms. The van der Waals surface area contributed by atoms with Crippen LogP contribution in [0.4, 0.5) is 0 Å². The number of amides is 2. The minimum Gasteiger partial charge on any atom is -0.467 e. The minimum atomic E-state index is -0.764. The molecule has 8 nitrogen and oxygen atoms in total. The van der Waals surface area contributed by atoms with Gasteiger partial charge in [-0.05, 0) is 43.9 Å². The van der Waals surface area contributed by atoms with Gasteiger partial charge in [0.15, 0.2) is 5.78 Å². The summed E-state index contributed by atoms with van der Waals surface area (Å²) < 4.78 is 4.81. The zero-order valence-corrected chi connectivity index (χ0v) is 19.5. The largest absolute Gasteiger partial charge is 0.467 e. The molecular weight excluding hydrogens is 434 g/mol. The molecule has 2 aromatic rings. The average Bonchev–Trinajstić information content (AvgIpc) is 3.36.